The first-order chi connectivity index (χ1) is 16.1. The number of urea groups is 1. The molecule has 33 heavy (non-hydrogen) atoms. The summed E-state index contributed by atoms with van der Waals surface area (Å²) in [6.07, 6.45) is 4.32. The van der Waals surface area contributed by atoms with Crippen molar-refractivity contribution in [1.82, 2.24) is 20.1 Å². The average molecular weight is 444 g/mol. The number of piperazine rings is 1. The fraction of sp³-hybridized carbons (Fsp3) is 0.269. The van der Waals surface area contributed by atoms with Crippen molar-refractivity contribution >= 4 is 23.3 Å². The highest BCUT2D eigenvalue weighted by atomic mass is 16.2. The van der Waals surface area contributed by atoms with Gasteiger partial charge in [-0.1, -0.05) is 30.3 Å². The van der Waals surface area contributed by atoms with E-state index >= 15 is 0 Å². The van der Waals surface area contributed by atoms with Crippen molar-refractivity contribution in [2.24, 2.45) is 0 Å². The third kappa shape index (κ3) is 5.68. The zero-order valence-electron chi connectivity index (χ0n) is 18.9. The number of benzene rings is 2. The standard InChI is InChI=1S/C26H29N5O2/c1-29(24-12-14-27-15-13-24)23-9-7-22(8-10-23)25(32)30-17-19-31(20-18-30)26(33)28-16-11-21-5-3-2-4-6-21/h2-10,12-15H,11,16-20H2,1H3,(H,28,33). The van der Waals surface area contributed by atoms with E-state index in [2.05, 4.69) is 22.4 Å². The minimum atomic E-state index is -0.0680. The van der Waals surface area contributed by atoms with Crippen LogP contribution in [-0.2, 0) is 6.42 Å². The molecule has 1 fully saturated rings. The number of amides is 3. The van der Waals surface area contributed by atoms with E-state index < -0.39 is 0 Å². The molecule has 170 valence electrons. The van der Waals surface area contributed by atoms with Crippen molar-refractivity contribution in [1.29, 1.82) is 0 Å². The molecule has 3 amide bonds. The van der Waals surface area contributed by atoms with Crippen molar-refractivity contribution in [3.8, 4) is 0 Å². The number of hydrogen-bond donors (Lipinski definition) is 1. The maximum absolute atomic E-state index is 12.9. The van der Waals surface area contributed by atoms with E-state index in [4.69, 9.17) is 0 Å². The highest BCUT2D eigenvalue weighted by Crippen LogP contribution is 2.23. The number of rotatable bonds is 6. The zero-order valence-corrected chi connectivity index (χ0v) is 18.9. The molecule has 2 heterocycles. The van der Waals surface area contributed by atoms with Gasteiger partial charge in [0, 0.05) is 69.1 Å². The Morgan fingerprint density at radius 1 is 0.848 bits per heavy atom. The lowest BCUT2D eigenvalue weighted by Crippen LogP contribution is -2.53. The SMILES string of the molecule is CN(c1ccncc1)c1ccc(C(=O)N2CCN(C(=O)NCCc3ccccc3)CC2)cc1. The van der Waals surface area contributed by atoms with Crippen molar-refractivity contribution in [3.05, 3.63) is 90.3 Å². The van der Waals surface area contributed by atoms with Gasteiger partial charge in [-0.15, -0.1) is 0 Å². The molecule has 7 heteroatoms. The lowest BCUT2D eigenvalue weighted by Gasteiger charge is -2.34. The summed E-state index contributed by atoms with van der Waals surface area (Å²) in [5.74, 6) is -0.00255. The molecule has 1 aromatic heterocycles. The molecular formula is C26H29N5O2. The van der Waals surface area contributed by atoms with Gasteiger partial charge in [0.1, 0.15) is 0 Å². The van der Waals surface area contributed by atoms with Crippen molar-refractivity contribution in [2.75, 3.05) is 44.7 Å². The van der Waals surface area contributed by atoms with Gasteiger partial charge in [0.25, 0.3) is 5.91 Å². The number of nitrogens with zero attached hydrogens (tertiary/aromatic N) is 4. The highest BCUT2D eigenvalue weighted by Gasteiger charge is 2.24. The van der Waals surface area contributed by atoms with Crippen LogP contribution in [0.5, 0.6) is 0 Å². The molecule has 3 aromatic rings. The number of carbonyl (C=O) groups is 2. The van der Waals surface area contributed by atoms with Gasteiger partial charge in [-0.2, -0.15) is 0 Å². The van der Waals surface area contributed by atoms with Crippen LogP contribution in [0.25, 0.3) is 0 Å². The largest absolute Gasteiger partial charge is 0.345 e. The Labute approximate surface area is 194 Å². The summed E-state index contributed by atoms with van der Waals surface area (Å²) in [5.41, 5.74) is 3.88. The molecule has 0 aliphatic carbocycles. The molecule has 1 aliphatic rings. The number of nitrogens with one attached hydrogen (secondary N) is 1. The molecular weight excluding hydrogens is 414 g/mol. The summed E-state index contributed by atoms with van der Waals surface area (Å²) in [6.45, 7) is 2.73. The molecule has 0 bridgehead atoms. The predicted molar refractivity (Wildman–Crippen MR) is 130 cm³/mol. The first kappa shape index (κ1) is 22.3. The molecule has 1 saturated heterocycles. The number of hydrogen-bond acceptors (Lipinski definition) is 4. The number of anilines is 2. The summed E-state index contributed by atoms with van der Waals surface area (Å²) in [7, 11) is 1.98. The monoisotopic (exact) mass is 443 g/mol. The maximum Gasteiger partial charge on any atom is 0.317 e. The Morgan fingerprint density at radius 2 is 1.45 bits per heavy atom. The lowest BCUT2D eigenvalue weighted by molar-refractivity contribution is 0.0665. The van der Waals surface area contributed by atoms with Crippen LogP contribution >= 0.6 is 0 Å². The highest BCUT2D eigenvalue weighted by molar-refractivity contribution is 5.95. The maximum atomic E-state index is 12.9. The average Bonchev–Trinajstić information content (AvgIpc) is 2.89. The van der Waals surface area contributed by atoms with Crippen LogP contribution in [0.15, 0.2) is 79.1 Å². The Hall–Kier alpha value is -3.87. The molecule has 0 radical (unpaired) electrons. The summed E-state index contributed by atoms with van der Waals surface area (Å²) < 4.78 is 0. The van der Waals surface area contributed by atoms with Gasteiger partial charge in [0.2, 0.25) is 0 Å². The lowest BCUT2D eigenvalue weighted by atomic mass is 10.1. The van der Waals surface area contributed by atoms with Crippen molar-refractivity contribution in [3.63, 3.8) is 0 Å². The van der Waals surface area contributed by atoms with E-state index in [0.29, 0.717) is 38.3 Å². The molecule has 2 aromatic carbocycles. The minimum Gasteiger partial charge on any atom is -0.345 e. The van der Waals surface area contributed by atoms with Crippen LogP contribution < -0.4 is 10.2 Å². The molecule has 4 rings (SSSR count). The van der Waals surface area contributed by atoms with Crippen LogP contribution in [0.2, 0.25) is 0 Å². The van der Waals surface area contributed by atoms with E-state index in [9.17, 15) is 9.59 Å². The summed E-state index contributed by atoms with van der Waals surface area (Å²) in [5, 5.41) is 2.98. The van der Waals surface area contributed by atoms with Crippen LogP contribution in [0.3, 0.4) is 0 Å². The molecule has 0 atom stereocenters. The van der Waals surface area contributed by atoms with Gasteiger partial charge in [-0.3, -0.25) is 9.78 Å². The molecule has 0 spiro atoms. The van der Waals surface area contributed by atoms with Gasteiger partial charge in [0.05, 0.1) is 0 Å². The fourth-order valence-electron chi connectivity index (χ4n) is 3.91. The van der Waals surface area contributed by atoms with E-state index in [1.54, 1.807) is 17.3 Å². The van der Waals surface area contributed by atoms with E-state index in [0.717, 1.165) is 17.8 Å². The fourth-order valence-corrected chi connectivity index (χ4v) is 3.91. The van der Waals surface area contributed by atoms with Crippen LogP contribution in [0.4, 0.5) is 16.2 Å². The second kappa shape index (κ2) is 10.6. The first-order valence-corrected chi connectivity index (χ1v) is 11.2. The van der Waals surface area contributed by atoms with E-state index in [1.165, 1.54) is 5.56 Å². The molecule has 1 N–H and O–H groups in total. The Morgan fingerprint density at radius 3 is 2.12 bits per heavy atom. The van der Waals surface area contributed by atoms with Gasteiger partial charge in [0.15, 0.2) is 0 Å². The summed E-state index contributed by atoms with van der Waals surface area (Å²) >= 11 is 0. The van der Waals surface area contributed by atoms with Crippen molar-refractivity contribution in [2.45, 2.75) is 6.42 Å². The predicted octanol–water partition coefficient (Wildman–Crippen LogP) is 3.56. The van der Waals surface area contributed by atoms with Gasteiger partial charge < -0.3 is 20.0 Å². The third-order valence-corrected chi connectivity index (χ3v) is 5.94. The number of carbonyl (C=O) groups excluding carboxylic acids is 2. The van der Waals surface area contributed by atoms with Gasteiger partial charge >= 0.3 is 6.03 Å². The third-order valence-electron chi connectivity index (χ3n) is 5.94. The smallest absolute Gasteiger partial charge is 0.317 e. The molecule has 0 unspecified atom stereocenters. The molecule has 0 saturated carbocycles. The van der Waals surface area contributed by atoms with Crippen LogP contribution in [-0.4, -0.2) is 66.5 Å². The van der Waals surface area contributed by atoms with Crippen LogP contribution in [0, 0.1) is 0 Å². The normalized spacial score (nSPS) is 13.5. The number of pyridine rings is 1. The zero-order chi connectivity index (χ0) is 23.0. The molecule has 1 aliphatic heterocycles. The summed E-state index contributed by atoms with van der Waals surface area (Å²) in [6, 6.07) is 21.5. The second-order valence-corrected chi connectivity index (χ2v) is 8.06. The number of aromatic nitrogens is 1. The second-order valence-electron chi connectivity index (χ2n) is 8.06. The van der Waals surface area contributed by atoms with Gasteiger partial charge in [-0.05, 0) is 48.4 Å². The Kier molecular flexibility index (Phi) is 7.19. The van der Waals surface area contributed by atoms with E-state index in [-0.39, 0.29) is 11.9 Å². The quantitative estimate of drug-likeness (QED) is 0.633. The topological polar surface area (TPSA) is 68.8 Å². The van der Waals surface area contributed by atoms with Crippen molar-refractivity contribution < 1.29 is 9.59 Å². The Bertz CT molecular complexity index is 1050. The summed E-state index contributed by atoms with van der Waals surface area (Å²) in [4.78, 5) is 35.1. The van der Waals surface area contributed by atoms with E-state index in [1.807, 2.05) is 71.4 Å². The molecule has 7 nitrogen and oxygen atoms in total. The minimum absolute atomic E-state index is 0.00255. The van der Waals surface area contributed by atoms with Gasteiger partial charge in [-0.25, -0.2) is 4.79 Å². The first-order valence-electron chi connectivity index (χ1n) is 11.2. The van der Waals surface area contributed by atoms with Crippen LogP contribution in [0.1, 0.15) is 15.9 Å². The Balaban J connectivity index is 1.25.